The van der Waals surface area contributed by atoms with E-state index in [4.69, 9.17) is 0 Å². The quantitative estimate of drug-likeness (QED) is 0.368. The summed E-state index contributed by atoms with van der Waals surface area (Å²) in [7, 11) is 0. The van der Waals surface area contributed by atoms with Gasteiger partial charge in [0.25, 0.3) is 0 Å². The minimum Gasteiger partial charge on any atom is -0.358 e. The van der Waals surface area contributed by atoms with Crippen molar-refractivity contribution in [1.82, 2.24) is 4.98 Å². The topological polar surface area (TPSA) is 48.7 Å². The predicted octanol–water partition coefficient (Wildman–Crippen LogP) is 6.73. The Kier molecular flexibility index (Phi) is 5.64. The van der Waals surface area contributed by atoms with E-state index in [1.54, 1.807) is 0 Å². The highest BCUT2D eigenvalue weighted by molar-refractivity contribution is 7.11. The van der Waals surface area contributed by atoms with Gasteiger partial charge in [0.05, 0.1) is 11.4 Å². The van der Waals surface area contributed by atoms with Gasteiger partial charge in [-0.1, -0.05) is 54.6 Å². The Morgan fingerprint density at radius 1 is 0.933 bits per heavy atom. The molecule has 0 fully saturated rings. The lowest BCUT2D eigenvalue weighted by Gasteiger charge is -2.03. The normalized spacial score (nSPS) is 11.2. The van der Waals surface area contributed by atoms with Gasteiger partial charge in [-0.05, 0) is 23.3 Å². The molecule has 0 aliphatic heterocycles. The molecule has 0 aliphatic rings. The van der Waals surface area contributed by atoms with Crippen LogP contribution < -0.4 is 5.32 Å². The molecular weight excluding hydrogens is 400 g/mol. The molecule has 0 saturated heterocycles. The number of nitrogens with one attached hydrogen (secondary N) is 1. The molecule has 146 valence electrons. The first-order valence-electron chi connectivity index (χ1n) is 9.07. The average Bonchev–Trinajstić information content (AvgIpc) is 3.26. The number of benzene rings is 3. The first-order chi connectivity index (χ1) is 14.6. The molecule has 0 bridgehead atoms. The third-order valence-electron chi connectivity index (χ3n) is 4.45. The fourth-order valence-corrected chi connectivity index (χ4v) is 3.69. The summed E-state index contributed by atoms with van der Waals surface area (Å²) in [4.78, 5) is 4.54. The van der Waals surface area contributed by atoms with Gasteiger partial charge in [-0.15, -0.1) is 11.3 Å². The molecule has 30 heavy (non-hydrogen) atoms. The van der Waals surface area contributed by atoms with Crippen LogP contribution in [0.25, 0.3) is 28.0 Å². The Morgan fingerprint density at radius 3 is 2.33 bits per heavy atom. The predicted molar refractivity (Wildman–Crippen MR) is 117 cm³/mol. The SMILES string of the molecule is N#C/C(=C\Nc1ccc(F)cc1F)c1nc(-c2ccc(-c3ccccc3)cc2)cs1. The van der Waals surface area contributed by atoms with Gasteiger partial charge >= 0.3 is 0 Å². The zero-order chi connectivity index (χ0) is 20.9. The van der Waals surface area contributed by atoms with E-state index in [0.29, 0.717) is 5.01 Å². The van der Waals surface area contributed by atoms with Gasteiger partial charge in [0.2, 0.25) is 0 Å². The van der Waals surface area contributed by atoms with E-state index in [9.17, 15) is 14.0 Å². The van der Waals surface area contributed by atoms with Crippen molar-refractivity contribution in [2.75, 3.05) is 5.32 Å². The highest BCUT2D eigenvalue weighted by Crippen LogP contribution is 2.28. The summed E-state index contributed by atoms with van der Waals surface area (Å²) in [6.07, 6.45) is 1.37. The molecule has 0 aliphatic carbocycles. The summed E-state index contributed by atoms with van der Waals surface area (Å²) in [6, 6.07) is 23.4. The van der Waals surface area contributed by atoms with Gasteiger partial charge in [0, 0.05) is 23.2 Å². The summed E-state index contributed by atoms with van der Waals surface area (Å²) in [6.45, 7) is 0. The van der Waals surface area contributed by atoms with Crippen molar-refractivity contribution < 1.29 is 8.78 Å². The zero-order valence-corrected chi connectivity index (χ0v) is 16.5. The first-order valence-corrected chi connectivity index (χ1v) is 9.95. The third-order valence-corrected chi connectivity index (χ3v) is 5.32. The number of aromatic nitrogens is 1. The maximum absolute atomic E-state index is 13.8. The molecule has 1 N–H and O–H groups in total. The van der Waals surface area contributed by atoms with Crippen LogP contribution in [-0.2, 0) is 0 Å². The van der Waals surface area contributed by atoms with E-state index in [0.717, 1.165) is 34.5 Å². The fraction of sp³-hybridized carbons (Fsp3) is 0. The Morgan fingerprint density at radius 2 is 1.63 bits per heavy atom. The molecule has 3 aromatic carbocycles. The molecule has 0 amide bonds. The molecular formula is C24H15F2N3S. The number of hydrogen-bond acceptors (Lipinski definition) is 4. The van der Waals surface area contributed by atoms with Gasteiger partial charge < -0.3 is 5.32 Å². The van der Waals surface area contributed by atoms with Crippen LogP contribution in [0, 0.1) is 23.0 Å². The van der Waals surface area contributed by atoms with Crippen molar-refractivity contribution in [3.05, 3.63) is 101 Å². The van der Waals surface area contributed by atoms with E-state index in [1.807, 2.05) is 47.8 Å². The number of hydrogen-bond donors (Lipinski definition) is 1. The lowest BCUT2D eigenvalue weighted by atomic mass is 10.0. The summed E-state index contributed by atoms with van der Waals surface area (Å²) >= 11 is 1.32. The van der Waals surface area contributed by atoms with Crippen molar-refractivity contribution in [1.29, 1.82) is 5.26 Å². The summed E-state index contributed by atoms with van der Waals surface area (Å²) in [5.74, 6) is -1.40. The third kappa shape index (κ3) is 4.27. The summed E-state index contributed by atoms with van der Waals surface area (Å²) < 4.78 is 26.8. The molecule has 0 saturated carbocycles. The van der Waals surface area contributed by atoms with E-state index in [-0.39, 0.29) is 11.3 Å². The molecule has 1 aromatic heterocycles. The average molecular weight is 415 g/mol. The molecule has 6 heteroatoms. The molecule has 0 spiro atoms. The van der Waals surface area contributed by atoms with Crippen molar-refractivity contribution in [3.8, 4) is 28.5 Å². The second-order valence-electron chi connectivity index (χ2n) is 6.42. The number of nitrogens with zero attached hydrogens (tertiary/aromatic N) is 2. The van der Waals surface area contributed by atoms with Gasteiger partial charge in [-0.25, -0.2) is 13.8 Å². The summed E-state index contributed by atoms with van der Waals surface area (Å²) in [5.41, 5.74) is 4.28. The smallest absolute Gasteiger partial charge is 0.149 e. The Hall–Kier alpha value is -3.82. The fourth-order valence-electron chi connectivity index (χ4n) is 2.89. The van der Waals surface area contributed by atoms with Crippen LogP contribution >= 0.6 is 11.3 Å². The Bertz CT molecular complexity index is 1240. The van der Waals surface area contributed by atoms with Crippen LogP contribution in [0.2, 0.25) is 0 Å². The van der Waals surface area contributed by atoms with Crippen LogP contribution in [0.5, 0.6) is 0 Å². The largest absolute Gasteiger partial charge is 0.358 e. The maximum Gasteiger partial charge on any atom is 0.149 e. The lowest BCUT2D eigenvalue weighted by molar-refractivity contribution is 0.586. The number of allylic oxidation sites excluding steroid dienone is 1. The lowest BCUT2D eigenvalue weighted by Crippen LogP contribution is -1.94. The number of anilines is 1. The number of thiazole rings is 1. The Labute approximate surface area is 176 Å². The molecule has 0 unspecified atom stereocenters. The summed E-state index contributed by atoms with van der Waals surface area (Å²) in [5, 5.41) is 14.6. The number of rotatable bonds is 5. The highest BCUT2D eigenvalue weighted by Gasteiger charge is 2.10. The van der Waals surface area contributed by atoms with E-state index in [2.05, 4.69) is 28.5 Å². The van der Waals surface area contributed by atoms with Crippen LogP contribution in [0.1, 0.15) is 5.01 Å². The number of nitriles is 1. The second-order valence-corrected chi connectivity index (χ2v) is 7.28. The minimum absolute atomic E-state index is 0.0810. The van der Waals surface area contributed by atoms with Crippen molar-refractivity contribution in [3.63, 3.8) is 0 Å². The van der Waals surface area contributed by atoms with Gasteiger partial charge in [0.1, 0.15) is 28.3 Å². The van der Waals surface area contributed by atoms with E-state index in [1.165, 1.54) is 23.6 Å². The standard InChI is InChI=1S/C24H15F2N3S/c25-20-10-11-22(21(26)12-20)28-14-19(13-27)24-29-23(15-30-24)18-8-6-17(7-9-18)16-4-2-1-3-5-16/h1-12,14-15,28H/b19-14+. The van der Waals surface area contributed by atoms with Gasteiger partial charge in [-0.3, -0.25) is 0 Å². The van der Waals surface area contributed by atoms with Gasteiger partial charge in [0.15, 0.2) is 0 Å². The van der Waals surface area contributed by atoms with Gasteiger partial charge in [-0.2, -0.15) is 5.26 Å². The molecule has 3 nitrogen and oxygen atoms in total. The molecule has 1 heterocycles. The van der Waals surface area contributed by atoms with E-state index < -0.39 is 11.6 Å². The van der Waals surface area contributed by atoms with Crippen molar-refractivity contribution in [2.45, 2.75) is 0 Å². The van der Waals surface area contributed by atoms with Crippen LogP contribution in [-0.4, -0.2) is 4.98 Å². The molecule has 0 atom stereocenters. The van der Waals surface area contributed by atoms with E-state index >= 15 is 0 Å². The first kappa shape index (κ1) is 19.5. The Balaban J connectivity index is 1.54. The zero-order valence-electron chi connectivity index (χ0n) is 15.6. The van der Waals surface area contributed by atoms with Crippen molar-refractivity contribution >= 4 is 22.6 Å². The molecule has 4 aromatic rings. The van der Waals surface area contributed by atoms with Crippen LogP contribution in [0.3, 0.4) is 0 Å². The van der Waals surface area contributed by atoms with Crippen molar-refractivity contribution in [2.24, 2.45) is 0 Å². The maximum atomic E-state index is 13.8. The van der Waals surface area contributed by atoms with Crippen LogP contribution in [0.15, 0.2) is 84.4 Å². The molecule has 4 rings (SSSR count). The molecule has 0 radical (unpaired) electrons. The monoisotopic (exact) mass is 415 g/mol. The van der Waals surface area contributed by atoms with Crippen LogP contribution in [0.4, 0.5) is 14.5 Å². The number of halogens is 2. The minimum atomic E-state index is -0.734. The second kappa shape index (κ2) is 8.68. The highest BCUT2D eigenvalue weighted by atomic mass is 32.1.